The van der Waals surface area contributed by atoms with E-state index < -0.39 is 0 Å². The van der Waals surface area contributed by atoms with Crippen molar-refractivity contribution in [3.8, 4) is 0 Å². The molecular weight excluding hydrogens is 308 g/mol. The largest absolute Gasteiger partial charge is 0.326 e. The molecule has 1 aliphatic carbocycles. The maximum Gasteiger partial charge on any atom is 0.235 e. The molecule has 2 aliphatic rings. The third kappa shape index (κ3) is 2.45. The van der Waals surface area contributed by atoms with Crippen LogP contribution < -0.4 is 10.6 Å². The van der Waals surface area contributed by atoms with E-state index in [9.17, 15) is 9.59 Å². The van der Waals surface area contributed by atoms with Crippen molar-refractivity contribution < 1.29 is 9.59 Å². The van der Waals surface area contributed by atoms with Gasteiger partial charge in [-0.1, -0.05) is 18.9 Å². The lowest BCUT2D eigenvalue weighted by molar-refractivity contribution is -0.120. The minimum Gasteiger partial charge on any atom is -0.326 e. The first-order valence-corrected chi connectivity index (χ1v) is 8.84. The van der Waals surface area contributed by atoms with Gasteiger partial charge in [-0.05, 0) is 48.1 Å². The second kappa shape index (κ2) is 5.49. The molecule has 2 N–H and O–H groups in total. The maximum absolute atomic E-state index is 12.4. The first kappa shape index (κ1) is 14.5. The Morgan fingerprint density at radius 1 is 1.26 bits per heavy atom. The highest BCUT2D eigenvalue weighted by Crippen LogP contribution is 2.49. The van der Waals surface area contributed by atoms with Crippen LogP contribution in [-0.2, 0) is 21.4 Å². The fourth-order valence-electron chi connectivity index (χ4n) is 3.74. The monoisotopic (exact) mass is 326 g/mol. The average Bonchev–Trinajstić information content (AvgIpc) is 3.24. The van der Waals surface area contributed by atoms with Crippen molar-refractivity contribution in [2.75, 3.05) is 10.6 Å². The summed E-state index contributed by atoms with van der Waals surface area (Å²) in [5, 5.41) is 7.93. The third-order valence-corrected chi connectivity index (χ3v) is 5.75. The Balaban J connectivity index is 1.57. The summed E-state index contributed by atoms with van der Waals surface area (Å²) in [4.78, 5) is 25.6. The van der Waals surface area contributed by atoms with E-state index in [-0.39, 0.29) is 17.2 Å². The minimum atomic E-state index is -0.371. The quantitative estimate of drug-likeness (QED) is 0.903. The molecule has 1 saturated carbocycles. The maximum atomic E-state index is 12.4. The van der Waals surface area contributed by atoms with Crippen molar-refractivity contribution in [2.24, 2.45) is 0 Å². The van der Waals surface area contributed by atoms with Crippen LogP contribution in [-0.4, -0.2) is 11.8 Å². The molecule has 0 radical (unpaired) electrons. The second-order valence-electron chi connectivity index (χ2n) is 6.31. The lowest BCUT2D eigenvalue weighted by atomic mass is 9.80. The molecule has 1 aromatic carbocycles. The van der Waals surface area contributed by atoms with Crippen LogP contribution in [0.15, 0.2) is 35.7 Å². The van der Waals surface area contributed by atoms with Crippen molar-refractivity contribution in [3.63, 3.8) is 0 Å². The number of rotatable bonds is 3. The Morgan fingerprint density at radius 2 is 2.09 bits per heavy atom. The van der Waals surface area contributed by atoms with Gasteiger partial charge >= 0.3 is 0 Å². The fourth-order valence-corrected chi connectivity index (χ4v) is 4.45. The van der Waals surface area contributed by atoms with Crippen LogP contribution >= 0.6 is 11.3 Å². The van der Waals surface area contributed by atoms with E-state index in [1.807, 2.05) is 35.7 Å². The standard InChI is InChI=1S/C18H18N2O2S/c21-16(11-13-4-3-9-23-13)19-12-5-6-15-14(10-12)18(17(22)20-15)7-1-2-8-18/h3-6,9-10H,1-2,7-8,11H2,(H,19,21)(H,20,22). The first-order chi connectivity index (χ1) is 11.2. The lowest BCUT2D eigenvalue weighted by Gasteiger charge is -2.21. The molecule has 4 rings (SSSR count). The van der Waals surface area contributed by atoms with Crippen molar-refractivity contribution >= 4 is 34.5 Å². The summed E-state index contributed by atoms with van der Waals surface area (Å²) in [7, 11) is 0. The number of hydrogen-bond donors (Lipinski definition) is 2. The van der Waals surface area contributed by atoms with E-state index in [1.54, 1.807) is 11.3 Å². The molecular formula is C18H18N2O2S. The molecule has 2 aromatic rings. The minimum absolute atomic E-state index is 0.0230. The summed E-state index contributed by atoms with van der Waals surface area (Å²) in [5.41, 5.74) is 2.35. The highest BCUT2D eigenvalue weighted by Gasteiger charge is 2.48. The van der Waals surface area contributed by atoms with Gasteiger partial charge in [-0.25, -0.2) is 0 Å². The summed E-state index contributed by atoms with van der Waals surface area (Å²) in [6.07, 6.45) is 4.36. The number of amides is 2. The number of nitrogens with one attached hydrogen (secondary N) is 2. The van der Waals surface area contributed by atoms with Crippen molar-refractivity contribution in [2.45, 2.75) is 37.5 Å². The predicted molar refractivity (Wildman–Crippen MR) is 91.9 cm³/mol. The van der Waals surface area contributed by atoms with Crippen molar-refractivity contribution in [1.82, 2.24) is 0 Å². The Hall–Kier alpha value is -2.14. The zero-order valence-corrected chi connectivity index (χ0v) is 13.5. The second-order valence-corrected chi connectivity index (χ2v) is 7.34. The number of carbonyl (C=O) groups excluding carboxylic acids is 2. The number of carbonyl (C=O) groups is 2. The van der Waals surface area contributed by atoms with E-state index in [0.29, 0.717) is 6.42 Å². The van der Waals surface area contributed by atoms with Crippen molar-refractivity contribution in [1.29, 1.82) is 0 Å². The number of thiophene rings is 1. The number of anilines is 2. The Morgan fingerprint density at radius 3 is 2.83 bits per heavy atom. The van der Waals surface area contributed by atoms with Gasteiger partial charge in [-0.15, -0.1) is 11.3 Å². The van der Waals surface area contributed by atoms with Crippen LogP contribution in [0.5, 0.6) is 0 Å². The number of benzene rings is 1. The molecule has 1 spiro atoms. The Bertz CT molecular complexity index is 761. The van der Waals surface area contributed by atoms with Gasteiger partial charge < -0.3 is 10.6 Å². The van der Waals surface area contributed by atoms with Crippen LogP contribution in [0.4, 0.5) is 11.4 Å². The van der Waals surface area contributed by atoms with Gasteiger partial charge in [0, 0.05) is 16.3 Å². The highest BCUT2D eigenvalue weighted by molar-refractivity contribution is 7.10. The Kier molecular flexibility index (Phi) is 3.45. The first-order valence-electron chi connectivity index (χ1n) is 7.96. The van der Waals surface area contributed by atoms with E-state index in [0.717, 1.165) is 47.5 Å². The summed E-state index contributed by atoms with van der Waals surface area (Å²) in [6.45, 7) is 0. The van der Waals surface area contributed by atoms with Gasteiger partial charge in [0.05, 0.1) is 11.8 Å². The van der Waals surface area contributed by atoms with Crippen LogP contribution in [0.3, 0.4) is 0 Å². The molecule has 2 amide bonds. The smallest absolute Gasteiger partial charge is 0.235 e. The average molecular weight is 326 g/mol. The summed E-state index contributed by atoms with van der Waals surface area (Å²) in [5.74, 6) is 0.0946. The summed E-state index contributed by atoms with van der Waals surface area (Å²) >= 11 is 1.58. The van der Waals surface area contributed by atoms with Gasteiger partial charge in [-0.3, -0.25) is 9.59 Å². The van der Waals surface area contributed by atoms with Gasteiger partial charge in [-0.2, -0.15) is 0 Å². The molecule has 0 atom stereocenters. The Labute approximate surface area is 138 Å². The van der Waals surface area contributed by atoms with E-state index in [1.165, 1.54) is 0 Å². The van der Waals surface area contributed by atoms with E-state index >= 15 is 0 Å². The highest BCUT2D eigenvalue weighted by atomic mass is 32.1. The molecule has 0 saturated heterocycles. The lowest BCUT2D eigenvalue weighted by Crippen LogP contribution is -2.31. The molecule has 23 heavy (non-hydrogen) atoms. The molecule has 1 aliphatic heterocycles. The normalized spacial score (nSPS) is 18.0. The fraction of sp³-hybridized carbons (Fsp3) is 0.333. The van der Waals surface area contributed by atoms with Crippen LogP contribution in [0, 0.1) is 0 Å². The van der Waals surface area contributed by atoms with Gasteiger partial charge in [0.25, 0.3) is 0 Å². The molecule has 1 aromatic heterocycles. The summed E-state index contributed by atoms with van der Waals surface area (Å²) in [6, 6.07) is 9.65. The molecule has 4 nitrogen and oxygen atoms in total. The van der Waals surface area contributed by atoms with E-state index in [2.05, 4.69) is 10.6 Å². The van der Waals surface area contributed by atoms with E-state index in [4.69, 9.17) is 0 Å². The molecule has 118 valence electrons. The zero-order valence-electron chi connectivity index (χ0n) is 12.7. The van der Waals surface area contributed by atoms with Gasteiger partial charge in [0.1, 0.15) is 0 Å². The van der Waals surface area contributed by atoms with Crippen LogP contribution in [0.2, 0.25) is 0 Å². The van der Waals surface area contributed by atoms with Gasteiger partial charge in [0.15, 0.2) is 0 Å². The molecule has 5 heteroatoms. The molecule has 0 unspecified atom stereocenters. The third-order valence-electron chi connectivity index (χ3n) is 4.87. The van der Waals surface area contributed by atoms with Crippen LogP contribution in [0.1, 0.15) is 36.1 Å². The predicted octanol–water partition coefficient (Wildman–Crippen LogP) is 3.69. The number of hydrogen-bond acceptors (Lipinski definition) is 3. The SMILES string of the molecule is O=C(Cc1cccs1)Nc1ccc2c(c1)C1(CCCC1)C(=O)N2. The molecule has 1 fully saturated rings. The zero-order chi connectivity index (χ0) is 15.9. The number of fused-ring (bicyclic) bond motifs is 2. The summed E-state index contributed by atoms with van der Waals surface area (Å²) < 4.78 is 0. The molecule has 0 bridgehead atoms. The molecule has 2 heterocycles. The topological polar surface area (TPSA) is 58.2 Å². The van der Waals surface area contributed by atoms with Gasteiger partial charge in [0.2, 0.25) is 11.8 Å². The van der Waals surface area contributed by atoms with Crippen molar-refractivity contribution in [3.05, 3.63) is 46.2 Å². The van der Waals surface area contributed by atoms with Crippen LogP contribution in [0.25, 0.3) is 0 Å².